The van der Waals surface area contributed by atoms with Crippen molar-refractivity contribution >= 4 is 49.9 Å². The summed E-state index contributed by atoms with van der Waals surface area (Å²) in [5, 5.41) is 7.96. The number of nitrogens with zero attached hydrogens (tertiary/aromatic N) is 3. The van der Waals surface area contributed by atoms with Gasteiger partial charge in [0.05, 0.1) is 5.52 Å². The Balaban J connectivity index is 1.74. The Morgan fingerprint density at radius 1 is 0.926 bits per heavy atom. The second-order valence-electron chi connectivity index (χ2n) is 6.85. The molecule has 0 atom stereocenters. The second-order valence-corrected chi connectivity index (χ2v) is 6.85. The molecule has 0 bridgehead atoms. The Labute approximate surface area is 156 Å². The minimum atomic E-state index is 0.841. The van der Waals surface area contributed by atoms with Crippen molar-refractivity contribution in [3.05, 3.63) is 67.0 Å². The van der Waals surface area contributed by atoms with Gasteiger partial charge in [0.2, 0.25) is 0 Å². The van der Waals surface area contributed by atoms with Gasteiger partial charge < -0.3 is 15.2 Å². The summed E-state index contributed by atoms with van der Waals surface area (Å²) in [6.45, 7) is 0. The molecule has 27 heavy (non-hydrogen) atoms. The van der Waals surface area contributed by atoms with Crippen LogP contribution in [-0.4, -0.2) is 29.0 Å². The van der Waals surface area contributed by atoms with Crippen LogP contribution in [0.1, 0.15) is 0 Å². The zero-order valence-corrected chi connectivity index (χ0v) is 15.2. The molecule has 0 radical (unpaired) electrons. The molecule has 5 heteroatoms. The van der Waals surface area contributed by atoms with Gasteiger partial charge in [-0.3, -0.25) is 4.98 Å². The van der Waals surface area contributed by atoms with Gasteiger partial charge in [-0.05, 0) is 29.7 Å². The average Bonchev–Trinajstić information content (AvgIpc) is 3.07. The van der Waals surface area contributed by atoms with Crippen molar-refractivity contribution in [2.45, 2.75) is 0 Å². The molecule has 0 spiro atoms. The number of anilines is 3. The predicted molar refractivity (Wildman–Crippen MR) is 113 cm³/mol. The number of aromatic nitrogens is 3. The van der Waals surface area contributed by atoms with Crippen molar-refractivity contribution in [2.24, 2.45) is 0 Å². The highest BCUT2D eigenvalue weighted by Crippen LogP contribution is 2.35. The maximum Gasteiger partial charge on any atom is 0.141 e. The number of benzene rings is 2. The highest BCUT2D eigenvalue weighted by molar-refractivity contribution is 6.20. The van der Waals surface area contributed by atoms with Gasteiger partial charge in [-0.25, -0.2) is 4.98 Å². The minimum absolute atomic E-state index is 0.841. The molecular formula is C22H19N5. The van der Waals surface area contributed by atoms with E-state index in [9.17, 15) is 0 Å². The number of nitrogens with one attached hydrogen (secondary N) is 2. The highest BCUT2D eigenvalue weighted by Gasteiger charge is 2.13. The molecule has 0 aliphatic rings. The van der Waals surface area contributed by atoms with Gasteiger partial charge in [-0.2, -0.15) is 0 Å². The zero-order chi connectivity index (χ0) is 18.4. The molecule has 0 amide bonds. The molecule has 0 aliphatic carbocycles. The predicted octanol–water partition coefficient (Wildman–Crippen LogP) is 5.07. The lowest BCUT2D eigenvalue weighted by atomic mass is 10.1. The van der Waals surface area contributed by atoms with Crippen molar-refractivity contribution in [1.82, 2.24) is 15.0 Å². The Bertz CT molecular complexity index is 1290. The van der Waals surface area contributed by atoms with Gasteiger partial charge in [0.1, 0.15) is 11.5 Å². The van der Waals surface area contributed by atoms with Crippen molar-refractivity contribution in [1.29, 1.82) is 0 Å². The van der Waals surface area contributed by atoms with Crippen LogP contribution in [0, 0.1) is 0 Å². The summed E-state index contributed by atoms with van der Waals surface area (Å²) in [5.41, 5.74) is 4.06. The number of fused-ring (bicyclic) bond motifs is 5. The van der Waals surface area contributed by atoms with Crippen molar-refractivity contribution in [2.75, 3.05) is 24.3 Å². The molecule has 0 saturated heterocycles. The van der Waals surface area contributed by atoms with Crippen LogP contribution in [0.15, 0.2) is 67.0 Å². The van der Waals surface area contributed by atoms with E-state index >= 15 is 0 Å². The standard InChI is InChI=1S/C22H19N5/c1-27(2)15-7-5-6-14(12-15)24-21-17-9-4-3-8-16(17)20-18-13-23-11-10-19(18)25-22(20)26-21/h3-13H,1-2H3,(H2,24,25,26). The van der Waals surface area contributed by atoms with Crippen LogP contribution in [-0.2, 0) is 0 Å². The highest BCUT2D eigenvalue weighted by atomic mass is 15.1. The molecule has 3 aromatic heterocycles. The Morgan fingerprint density at radius 2 is 1.78 bits per heavy atom. The lowest BCUT2D eigenvalue weighted by Crippen LogP contribution is -2.08. The number of pyridine rings is 2. The van der Waals surface area contributed by atoms with E-state index in [0.29, 0.717) is 0 Å². The van der Waals surface area contributed by atoms with Crippen LogP contribution in [0.3, 0.4) is 0 Å². The molecule has 2 aromatic carbocycles. The van der Waals surface area contributed by atoms with Crippen LogP contribution in [0.4, 0.5) is 17.2 Å². The molecule has 5 nitrogen and oxygen atoms in total. The lowest BCUT2D eigenvalue weighted by molar-refractivity contribution is 1.13. The van der Waals surface area contributed by atoms with Gasteiger partial charge in [0.25, 0.3) is 0 Å². The molecule has 0 saturated carbocycles. The molecule has 0 fully saturated rings. The van der Waals surface area contributed by atoms with Crippen LogP contribution in [0.5, 0.6) is 0 Å². The van der Waals surface area contributed by atoms with Gasteiger partial charge in [0.15, 0.2) is 0 Å². The van der Waals surface area contributed by atoms with Crippen molar-refractivity contribution in [3.63, 3.8) is 0 Å². The topological polar surface area (TPSA) is 56.8 Å². The van der Waals surface area contributed by atoms with E-state index < -0.39 is 0 Å². The molecule has 0 aliphatic heterocycles. The molecule has 2 N–H and O–H groups in total. The first-order valence-electron chi connectivity index (χ1n) is 8.89. The van der Waals surface area contributed by atoms with Crippen LogP contribution in [0.2, 0.25) is 0 Å². The normalized spacial score (nSPS) is 11.3. The Kier molecular flexibility index (Phi) is 3.47. The maximum atomic E-state index is 4.90. The van der Waals surface area contributed by atoms with E-state index in [4.69, 9.17) is 4.98 Å². The van der Waals surface area contributed by atoms with Crippen molar-refractivity contribution in [3.8, 4) is 0 Å². The first-order chi connectivity index (χ1) is 13.2. The minimum Gasteiger partial charge on any atom is -0.378 e. The number of aromatic amines is 1. The summed E-state index contributed by atoms with van der Waals surface area (Å²) >= 11 is 0. The first-order valence-corrected chi connectivity index (χ1v) is 8.89. The number of rotatable bonds is 3. The number of hydrogen-bond donors (Lipinski definition) is 2. The van der Waals surface area contributed by atoms with Gasteiger partial charge in [-0.15, -0.1) is 0 Å². The first kappa shape index (κ1) is 15.6. The SMILES string of the molecule is CN(C)c1cccc(Nc2nc3[nH]c4ccncc4c3c3ccccc23)c1. The van der Waals surface area contributed by atoms with Crippen LogP contribution < -0.4 is 10.2 Å². The van der Waals surface area contributed by atoms with Gasteiger partial charge in [-0.1, -0.05) is 30.3 Å². The van der Waals surface area contributed by atoms with E-state index in [-0.39, 0.29) is 0 Å². The summed E-state index contributed by atoms with van der Waals surface area (Å²) in [6, 6.07) is 18.7. The van der Waals surface area contributed by atoms with Gasteiger partial charge in [0, 0.05) is 54.0 Å². The average molecular weight is 353 g/mol. The number of H-pyrrole nitrogens is 1. The van der Waals surface area contributed by atoms with E-state index in [1.165, 1.54) is 0 Å². The lowest BCUT2D eigenvalue weighted by Gasteiger charge is -2.15. The monoisotopic (exact) mass is 353 g/mol. The molecule has 132 valence electrons. The van der Waals surface area contributed by atoms with E-state index in [0.717, 1.165) is 49.9 Å². The van der Waals surface area contributed by atoms with Gasteiger partial charge >= 0.3 is 0 Å². The molecule has 5 aromatic rings. The summed E-state index contributed by atoms with van der Waals surface area (Å²) in [4.78, 5) is 14.7. The Hall–Kier alpha value is -3.60. The Morgan fingerprint density at radius 3 is 2.63 bits per heavy atom. The second kappa shape index (κ2) is 5.99. The summed E-state index contributed by atoms with van der Waals surface area (Å²) in [6.07, 6.45) is 3.70. The third kappa shape index (κ3) is 2.56. The fraction of sp³-hybridized carbons (Fsp3) is 0.0909. The van der Waals surface area contributed by atoms with Crippen LogP contribution >= 0.6 is 0 Å². The quantitative estimate of drug-likeness (QED) is 0.475. The fourth-order valence-corrected chi connectivity index (χ4v) is 3.55. The van der Waals surface area contributed by atoms with E-state index in [1.54, 1.807) is 6.20 Å². The number of hydrogen-bond acceptors (Lipinski definition) is 4. The summed E-state index contributed by atoms with van der Waals surface area (Å²) in [5.74, 6) is 0.841. The maximum absolute atomic E-state index is 4.90. The third-order valence-corrected chi connectivity index (χ3v) is 4.88. The fourth-order valence-electron chi connectivity index (χ4n) is 3.55. The zero-order valence-electron chi connectivity index (χ0n) is 15.2. The van der Waals surface area contributed by atoms with E-state index in [2.05, 4.69) is 56.6 Å². The summed E-state index contributed by atoms with van der Waals surface area (Å²) in [7, 11) is 4.08. The van der Waals surface area contributed by atoms with E-state index in [1.807, 2.05) is 38.5 Å². The largest absolute Gasteiger partial charge is 0.378 e. The third-order valence-electron chi connectivity index (χ3n) is 4.88. The van der Waals surface area contributed by atoms with Crippen LogP contribution in [0.25, 0.3) is 32.7 Å². The molecule has 3 heterocycles. The molecule has 5 rings (SSSR count). The smallest absolute Gasteiger partial charge is 0.141 e. The molecule has 0 unspecified atom stereocenters. The van der Waals surface area contributed by atoms with Crippen molar-refractivity contribution < 1.29 is 0 Å². The summed E-state index contributed by atoms with van der Waals surface area (Å²) < 4.78 is 0. The molecular weight excluding hydrogens is 334 g/mol.